The average molecular weight is 300 g/mol. The van der Waals surface area contributed by atoms with Crippen LogP contribution in [-0.2, 0) is 6.54 Å². The van der Waals surface area contributed by atoms with Crippen LogP contribution >= 0.6 is 0 Å². The molecule has 0 spiro atoms. The van der Waals surface area contributed by atoms with E-state index < -0.39 is 0 Å². The largest absolute Gasteiger partial charge is 0.369 e. The SMILES string of the molecule is O=C1c2ccc(N3CCNCC3)cc2CN1[C@@H]1CCCNC1. The van der Waals surface area contributed by atoms with Crippen molar-refractivity contribution in [2.75, 3.05) is 44.2 Å². The predicted octanol–water partition coefficient (Wildman–Crippen LogP) is 0.804. The van der Waals surface area contributed by atoms with Gasteiger partial charge < -0.3 is 20.4 Å². The van der Waals surface area contributed by atoms with E-state index in [-0.39, 0.29) is 5.91 Å². The Morgan fingerprint density at radius 1 is 1.09 bits per heavy atom. The molecule has 118 valence electrons. The molecule has 2 N–H and O–H groups in total. The van der Waals surface area contributed by atoms with Crippen LogP contribution in [0.2, 0.25) is 0 Å². The standard InChI is InChI=1S/C17H24N4O/c22-17-16-4-3-14(20-8-6-18-7-9-20)10-13(16)12-21(17)15-2-1-5-19-11-15/h3-4,10,15,18-19H,1-2,5-9,11-12H2/t15-/m1/s1. The van der Waals surface area contributed by atoms with Gasteiger partial charge in [0, 0.05) is 56.6 Å². The van der Waals surface area contributed by atoms with E-state index >= 15 is 0 Å². The van der Waals surface area contributed by atoms with Crippen LogP contribution in [0.4, 0.5) is 5.69 Å². The zero-order chi connectivity index (χ0) is 14.9. The zero-order valence-corrected chi connectivity index (χ0v) is 13.0. The fourth-order valence-electron chi connectivity index (χ4n) is 3.84. The van der Waals surface area contributed by atoms with Gasteiger partial charge in [0.25, 0.3) is 5.91 Å². The molecule has 0 bridgehead atoms. The first-order valence-electron chi connectivity index (χ1n) is 8.43. The Morgan fingerprint density at radius 3 is 2.73 bits per heavy atom. The third-order valence-electron chi connectivity index (χ3n) is 5.11. The lowest BCUT2D eigenvalue weighted by atomic mass is 10.1. The summed E-state index contributed by atoms with van der Waals surface area (Å²) in [5.41, 5.74) is 3.37. The molecular formula is C17H24N4O. The highest BCUT2D eigenvalue weighted by Crippen LogP contribution is 2.30. The fourth-order valence-corrected chi connectivity index (χ4v) is 3.84. The molecule has 5 nitrogen and oxygen atoms in total. The Balaban J connectivity index is 1.54. The summed E-state index contributed by atoms with van der Waals surface area (Å²) in [6.45, 7) is 6.96. The molecule has 22 heavy (non-hydrogen) atoms. The van der Waals surface area contributed by atoms with Gasteiger partial charge in [-0.1, -0.05) is 0 Å². The third-order valence-corrected chi connectivity index (χ3v) is 5.11. The van der Waals surface area contributed by atoms with E-state index in [0.29, 0.717) is 6.04 Å². The van der Waals surface area contributed by atoms with Crippen LogP contribution in [0.5, 0.6) is 0 Å². The lowest BCUT2D eigenvalue weighted by molar-refractivity contribution is 0.0674. The highest BCUT2D eigenvalue weighted by molar-refractivity contribution is 5.99. The minimum absolute atomic E-state index is 0.218. The first-order valence-corrected chi connectivity index (χ1v) is 8.43. The Kier molecular flexibility index (Phi) is 3.76. The first-order chi connectivity index (χ1) is 10.8. The van der Waals surface area contributed by atoms with Crippen molar-refractivity contribution in [3.63, 3.8) is 0 Å². The predicted molar refractivity (Wildman–Crippen MR) is 87.3 cm³/mol. The number of fused-ring (bicyclic) bond motifs is 1. The molecule has 5 heteroatoms. The van der Waals surface area contributed by atoms with Crippen LogP contribution in [0, 0.1) is 0 Å². The average Bonchev–Trinajstić information content (AvgIpc) is 2.93. The number of nitrogens with one attached hydrogen (secondary N) is 2. The molecule has 1 atom stereocenters. The molecule has 1 amide bonds. The van der Waals surface area contributed by atoms with E-state index in [4.69, 9.17) is 0 Å². The van der Waals surface area contributed by atoms with Crippen LogP contribution in [0.15, 0.2) is 18.2 Å². The van der Waals surface area contributed by atoms with E-state index in [1.54, 1.807) is 0 Å². The molecule has 0 radical (unpaired) electrons. The lowest BCUT2D eigenvalue weighted by Crippen LogP contribution is -2.46. The van der Waals surface area contributed by atoms with Crippen molar-refractivity contribution in [2.24, 2.45) is 0 Å². The van der Waals surface area contributed by atoms with Crippen molar-refractivity contribution in [1.29, 1.82) is 0 Å². The van der Waals surface area contributed by atoms with E-state index in [0.717, 1.165) is 64.2 Å². The number of benzene rings is 1. The van der Waals surface area contributed by atoms with Crippen molar-refractivity contribution < 1.29 is 4.79 Å². The van der Waals surface area contributed by atoms with Gasteiger partial charge in [-0.25, -0.2) is 0 Å². The molecule has 1 aromatic carbocycles. The van der Waals surface area contributed by atoms with E-state index in [9.17, 15) is 4.79 Å². The van der Waals surface area contributed by atoms with Gasteiger partial charge in [-0.15, -0.1) is 0 Å². The Labute approximate surface area is 131 Å². The van der Waals surface area contributed by atoms with E-state index in [2.05, 4.69) is 32.6 Å². The second-order valence-corrected chi connectivity index (χ2v) is 6.51. The Morgan fingerprint density at radius 2 is 1.95 bits per heavy atom. The Hall–Kier alpha value is -1.59. The first kappa shape index (κ1) is 14.0. The quantitative estimate of drug-likeness (QED) is 0.848. The molecule has 3 aliphatic rings. The third kappa shape index (κ3) is 2.48. The maximum atomic E-state index is 12.7. The minimum atomic E-state index is 0.218. The van der Waals surface area contributed by atoms with Crippen LogP contribution in [-0.4, -0.2) is 56.1 Å². The molecule has 0 aromatic heterocycles. The summed E-state index contributed by atoms with van der Waals surface area (Å²) < 4.78 is 0. The maximum Gasteiger partial charge on any atom is 0.254 e. The number of hydrogen-bond acceptors (Lipinski definition) is 4. The summed E-state index contributed by atoms with van der Waals surface area (Å²) in [7, 11) is 0. The summed E-state index contributed by atoms with van der Waals surface area (Å²) in [5, 5.41) is 6.80. The normalized spacial score (nSPS) is 25.5. The molecule has 0 aliphatic carbocycles. The Bertz CT molecular complexity index is 562. The van der Waals surface area contributed by atoms with Crippen LogP contribution in [0.25, 0.3) is 0 Å². The molecule has 3 heterocycles. The summed E-state index contributed by atoms with van der Waals surface area (Å²) in [6.07, 6.45) is 2.29. The molecule has 2 fully saturated rings. The number of nitrogens with zero attached hydrogens (tertiary/aromatic N) is 2. The van der Waals surface area contributed by atoms with Gasteiger partial charge in [-0.2, -0.15) is 0 Å². The molecular weight excluding hydrogens is 276 g/mol. The highest BCUT2D eigenvalue weighted by atomic mass is 16.2. The van der Waals surface area contributed by atoms with Gasteiger partial charge in [0.2, 0.25) is 0 Å². The van der Waals surface area contributed by atoms with Gasteiger partial charge in [-0.3, -0.25) is 4.79 Å². The topological polar surface area (TPSA) is 47.6 Å². The lowest BCUT2D eigenvalue weighted by Gasteiger charge is -2.31. The van der Waals surface area contributed by atoms with Crippen molar-refractivity contribution in [3.05, 3.63) is 29.3 Å². The zero-order valence-electron chi connectivity index (χ0n) is 13.0. The number of anilines is 1. The number of carbonyl (C=O) groups is 1. The summed E-state index contributed by atoms with van der Waals surface area (Å²) >= 11 is 0. The molecule has 4 rings (SSSR count). The monoisotopic (exact) mass is 300 g/mol. The number of carbonyl (C=O) groups excluding carboxylic acids is 1. The maximum absolute atomic E-state index is 12.7. The summed E-state index contributed by atoms with van der Waals surface area (Å²) in [5.74, 6) is 0.218. The van der Waals surface area contributed by atoms with Crippen LogP contribution in [0.1, 0.15) is 28.8 Å². The molecule has 1 aromatic rings. The van der Waals surface area contributed by atoms with Crippen molar-refractivity contribution in [2.45, 2.75) is 25.4 Å². The van der Waals surface area contributed by atoms with Crippen molar-refractivity contribution >= 4 is 11.6 Å². The van der Waals surface area contributed by atoms with E-state index in [1.165, 1.54) is 11.3 Å². The number of rotatable bonds is 2. The number of amides is 1. The van der Waals surface area contributed by atoms with Crippen LogP contribution < -0.4 is 15.5 Å². The second kappa shape index (κ2) is 5.89. The van der Waals surface area contributed by atoms with Crippen LogP contribution in [0.3, 0.4) is 0 Å². The summed E-state index contributed by atoms with van der Waals surface area (Å²) in [6, 6.07) is 6.74. The molecule has 0 saturated carbocycles. The molecule has 2 saturated heterocycles. The van der Waals surface area contributed by atoms with Crippen molar-refractivity contribution in [1.82, 2.24) is 15.5 Å². The molecule has 3 aliphatic heterocycles. The van der Waals surface area contributed by atoms with Crippen molar-refractivity contribution in [3.8, 4) is 0 Å². The number of piperazine rings is 1. The van der Waals surface area contributed by atoms with Gasteiger partial charge >= 0.3 is 0 Å². The van der Waals surface area contributed by atoms with Gasteiger partial charge in [0.1, 0.15) is 0 Å². The fraction of sp³-hybridized carbons (Fsp3) is 0.588. The summed E-state index contributed by atoms with van der Waals surface area (Å²) in [4.78, 5) is 17.1. The smallest absolute Gasteiger partial charge is 0.254 e. The number of piperidine rings is 1. The van der Waals surface area contributed by atoms with E-state index in [1.807, 2.05) is 6.07 Å². The van der Waals surface area contributed by atoms with Gasteiger partial charge in [-0.05, 0) is 43.1 Å². The number of hydrogen-bond donors (Lipinski definition) is 2. The highest BCUT2D eigenvalue weighted by Gasteiger charge is 2.33. The minimum Gasteiger partial charge on any atom is -0.369 e. The molecule has 0 unspecified atom stereocenters. The van der Waals surface area contributed by atoms with Gasteiger partial charge in [0.05, 0.1) is 0 Å². The van der Waals surface area contributed by atoms with Gasteiger partial charge in [0.15, 0.2) is 0 Å². The second-order valence-electron chi connectivity index (χ2n) is 6.51.